The van der Waals surface area contributed by atoms with E-state index in [0.29, 0.717) is 41.7 Å². The van der Waals surface area contributed by atoms with Crippen LogP contribution in [0.25, 0.3) is 11.5 Å². The highest BCUT2D eigenvalue weighted by Crippen LogP contribution is 2.35. The smallest absolute Gasteiger partial charge is 0.315 e. The van der Waals surface area contributed by atoms with E-state index in [4.69, 9.17) is 19.7 Å². The van der Waals surface area contributed by atoms with Gasteiger partial charge in [0.25, 0.3) is 5.89 Å². The van der Waals surface area contributed by atoms with E-state index in [2.05, 4.69) is 15.5 Å². The fourth-order valence-electron chi connectivity index (χ4n) is 3.06. The molecule has 1 atom stereocenters. The van der Waals surface area contributed by atoms with Crippen LogP contribution in [0.15, 0.2) is 22.7 Å². The number of hydrogen-bond donors (Lipinski definition) is 2. The summed E-state index contributed by atoms with van der Waals surface area (Å²) in [4.78, 5) is 29.2. The number of likely N-dealkylation sites (tertiary alicyclic amines) is 1. The Morgan fingerprint density at radius 2 is 2.15 bits per heavy atom. The standard InChI is InChI=1S/C16H17N5O5/c17-16(23)21-5-1-2-10(21)14(22)18-7-13-19-15(26-20-13)9-3-4-11-12(6-9)25-8-24-11/h3-4,6,10H,1-2,5,7-8H2,(H2,17,23)(H,18,22)/t10-/m0/s1. The molecule has 1 fully saturated rings. The molecule has 1 aromatic carbocycles. The zero-order valence-electron chi connectivity index (χ0n) is 13.8. The van der Waals surface area contributed by atoms with Crippen molar-refractivity contribution in [2.75, 3.05) is 13.3 Å². The van der Waals surface area contributed by atoms with Gasteiger partial charge in [0.15, 0.2) is 17.3 Å². The summed E-state index contributed by atoms with van der Waals surface area (Å²) in [5.74, 6) is 1.64. The number of aromatic nitrogens is 2. The van der Waals surface area contributed by atoms with Gasteiger partial charge in [0.2, 0.25) is 12.7 Å². The minimum atomic E-state index is -0.590. The van der Waals surface area contributed by atoms with E-state index in [-0.39, 0.29) is 19.2 Å². The average Bonchev–Trinajstić information content (AvgIpc) is 3.38. The van der Waals surface area contributed by atoms with Crippen molar-refractivity contribution < 1.29 is 23.6 Å². The lowest BCUT2D eigenvalue weighted by molar-refractivity contribution is -0.124. The van der Waals surface area contributed by atoms with E-state index >= 15 is 0 Å². The van der Waals surface area contributed by atoms with Crippen molar-refractivity contribution in [2.45, 2.75) is 25.4 Å². The van der Waals surface area contributed by atoms with Crippen LogP contribution in [0.2, 0.25) is 0 Å². The summed E-state index contributed by atoms with van der Waals surface area (Å²) in [6.45, 7) is 0.767. The third-order valence-electron chi connectivity index (χ3n) is 4.35. The van der Waals surface area contributed by atoms with Crippen molar-refractivity contribution in [3.63, 3.8) is 0 Å². The molecule has 0 saturated carbocycles. The molecule has 0 aliphatic carbocycles. The van der Waals surface area contributed by atoms with Crippen LogP contribution in [-0.2, 0) is 11.3 Å². The molecule has 10 heteroatoms. The normalized spacial score (nSPS) is 18.2. The minimum Gasteiger partial charge on any atom is -0.454 e. The number of amides is 3. The Balaban J connectivity index is 1.39. The Morgan fingerprint density at radius 1 is 1.31 bits per heavy atom. The number of carbonyl (C=O) groups is 2. The van der Waals surface area contributed by atoms with Crippen LogP contribution in [0.5, 0.6) is 11.5 Å². The van der Waals surface area contributed by atoms with Gasteiger partial charge in [-0.3, -0.25) is 4.79 Å². The van der Waals surface area contributed by atoms with E-state index in [1.165, 1.54) is 4.90 Å². The molecule has 3 N–H and O–H groups in total. The number of primary amides is 1. The van der Waals surface area contributed by atoms with Crippen LogP contribution in [0.3, 0.4) is 0 Å². The number of nitrogens with two attached hydrogens (primary N) is 1. The summed E-state index contributed by atoms with van der Waals surface area (Å²) in [6.07, 6.45) is 1.33. The molecule has 3 heterocycles. The molecule has 4 rings (SSSR count). The zero-order valence-corrected chi connectivity index (χ0v) is 13.8. The maximum atomic E-state index is 12.3. The topological polar surface area (TPSA) is 133 Å². The molecule has 2 aliphatic rings. The Labute approximate surface area is 148 Å². The molecule has 0 unspecified atom stereocenters. The van der Waals surface area contributed by atoms with Crippen molar-refractivity contribution in [2.24, 2.45) is 5.73 Å². The van der Waals surface area contributed by atoms with E-state index in [1.54, 1.807) is 18.2 Å². The van der Waals surface area contributed by atoms with Crippen LogP contribution < -0.4 is 20.5 Å². The summed E-state index contributed by atoms with van der Waals surface area (Å²) in [5, 5.41) is 6.57. The van der Waals surface area contributed by atoms with Gasteiger partial charge in [0.1, 0.15) is 6.04 Å². The van der Waals surface area contributed by atoms with Gasteiger partial charge < -0.3 is 29.9 Å². The predicted octanol–water partition coefficient (Wildman–Crippen LogP) is 0.625. The van der Waals surface area contributed by atoms with E-state index in [9.17, 15) is 9.59 Å². The Morgan fingerprint density at radius 3 is 3.00 bits per heavy atom. The summed E-state index contributed by atoms with van der Waals surface area (Å²) in [5.41, 5.74) is 5.98. The lowest BCUT2D eigenvalue weighted by Crippen LogP contribution is -2.47. The average molecular weight is 359 g/mol. The first-order valence-electron chi connectivity index (χ1n) is 8.18. The molecular formula is C16H17N5O5. The first-order chi connectivity index (χ1) is 12.6. The maximum Gasteiger partial charge on any atom is 0.315 e. The molecule has 10 nitrogen and oxygen atoms in total. The fraction of sp³-hybridized carbons (Fsp3) is 0.375. The highest BCUT2D eigenvalue weighted by Gasteiger charge is 2.32. The number of benzene rings is 1. The Hall–Kier alpha value is -3.30. The monoisotopic (exact) mass is 359 g/mol. The molecule has 0 bridgehead atoms. The Kier molecular flexibility index (Phi) is 4.07. The van der Waals surface area contributed by atoms with E-state index < -0.39 is 12.1 Å². The van der Waals surface area contributed by atoms with Gasteiger partial charge in [-0.1, -0.05) is 5.16 Å². The van der Waals surface area contributed by atoms with Crippen LogP contribution in [-0.4, -0.2) is 46.4 Å². The van der Waals surface area contributed by atoms with E-state index in [0.717, 1.165) is 6.42 Å². The largest absolute Gasteiger partial charge is 0.454 e. The van der Waals surface area contributed by atoms with Crippen molar-refractivity contribution in [3.05, 3.63) is 24.0 Å². The minimum absolute atomic E-state index is 0.0932. The third-order valence-corrected chi connectivity index (χ3v) is 4.35. The molecule has 2 aromatic rings. The maximum absolute atomic E-state index is 12.3. The van der Waals surface area contributed by atoms with Crippen LogP contribution in [0.4, 0.5) is 4.79 Å². The Bertz CT molecular complexity index is 851. The molecule has 0 radical (unpaired) electrons. The van der Waals surface area contributed by atoms with Gasteiger partial charge in [-0.05, 0) is 31.0 Å². The predicted molar refractivity (Wildman–Crippen MR) is 87.0 cm³/mol. The van der Waals surface area contributed by atoms with Gasteiger partial charge in [0.05, 0.1) is 6.54 Å². The summed E-state index contributed by atoms with van der Waals surface area (Å²) >= 11 is 0. The molecule has 136 valence electrons. The fourth-order valence-corrected chi connectivity index (χ4v) is 3.06. The first-order valence-corrected chi connectivity index (χ1v) is 8.18. The molecule has 1 aromatic heterocycles. The van der Waals surface area contributed by atoms with Crippen molar-refractivity contribution in [1.82, 2.24) is 20.4 Å². The second kappa shape index (κ2) is 6.54. The van der Waals surface area contributed by atoms with Gasteiger partial charge >= 0.3 is 6.03 Å². The molecule has 2 aliphatic heterocycles. The second-order valence-corrected chi connectivity index (χ2v) is 5.99. The lowest BCUT2D eigenvalue weighted by Gasteiger charge is -2.21. The summed E-state index contributed by atoms with van der Waals surface area (Å²) in [6, 6.07) is 4.16. The van der Waals surface area contributed by atoms with Crippen LogP contribution in [0.1, 0.15) is 18.7 Å². The van der Waals surface area contributed by atoms with Gasteiger partial charge in [-0.15, -0.1) is 0 Å². The third kappa shape index (κ3) is 3.01. The SMILES string of the molecule is NC(=O)N1CCC[C@H]1C(=O)NCc1noc(-c2ccc3c(c2)OCO3)n1. The van der Waals surface area contributed by atoms with Gasteiger partial charge in [0, 0.05) is 12.1 Å². The quantitative estimate of drug-likeness (QED) is 0.817. The molecule has 3 amide bonds. The second-order valence-electron chi connectivity index (χ2n) is 5.99. The summed E-state index contributed by atoms with van der Waals surface area (Å²) in [7, 11) is 0. The van der Waals surface area contributed by atoms with Crippen LogP contribution >= 0.6 is 0 Å². The highest BCUT2D eigenvalue weighted by atomic mass is 16.7. The zero-order chi connectivity index (χ0) is 18.1. The number of nitrogens with one attached hydrogen (secondary N) is 1. The van der Waals surface area contributed by atoms with Crippen molar-refractivity contribution >= 4 is 11.9 Å². The summed E-state index contributed by atoms with van der Waals surface area (Å²) < 4.78 is 15.8. The van der Waals surface area contributed by atoms with Crippen molar-refractivity contribution in [3.8, 4) is 23.0 Å². The number of nitrogens with zero attached hydrogens (tertiary/aromatic N) is 3. The number of carbonyl (C=O) groups excluding carboxylic acids is 2. The highest BCUT2D eigenvalue weighted by molar-refractivity contribution is 5.87. The number of ether oxygens (including phenoxy) is 2. The van der Waals surface area contributed by atoms with Gasteiger partial charge in [-0.25, -0.2) is 4.79 Å². The molecular weight excluding hydrogens is 342 g/mol. The number of rotatable bonds is 4. The molecule has 1 saturated heterocycles. The lowest BCUT2D eigenvalue weighted by atomic mass is 10.2. The van der Waals surface area contributed by atoms with Gasteiger partial charge in [-0.2, -0.15) is 4.98 Å². The van der Waals surface area contributed by atoms with E-state index in [1.807, 2.05) is 0 Å². The van der Waals surface area contributed by atoms with Crippen molar-refractivity contribution in [1.29, 1.82) is 0 Å². The molecule has 26 heavy (non-hydrogen) atoms. The number of fused-ring (bicyclic) bond motifs is 1. The van der Waals surface area contributed by atoms with Crippen LogP contribution in [0, 0.1) is 0 Å². The first kappa shape index (κ1) is 16.2. The molecule has 0 spiro atoms. The number of hydrogen-bond acceptors (Lipinski definition) is 7. The number of urea groups is 1.